The molecular weight excluding hydrogens is 356 g/mol. The number of amides is 1. The smallest absolute Gasteiger partial charge is 0.239 e. The Hall–Kier alpha value is -2.28. The first-order valence-corrected chi connectivity index (χ1v) is 8.25. The van der Waals surface area contributed by atoms with Gasteiger partial charge in [0, 0.05) is 13.1 Å². The highest BCUT2D eigenvalue weighted by atomic mass is 35.5. The van der Waals surface area contributed by atoms with Crippen LogP contribution in [0.2, 0.25) is 0 Å². The van der Waals surface area contributed by atoms with Gasteiger partial charge in [-0.2, -0.15) is 0 Å². The Morgan fingerprint density at radius 1 is 1.19 bits per heavy atom. The minimum atomic E-state index is -0.276. The van der Waals surface area contributed by atoms with E-state index in [4.69, 9.17) is 14.2 Å². The van der Waals surface area contributed by atoms with Crippen LogP contribution in [0.15, 0.2) is 48.5 Å². The molecule has 1 aliphatic rings. The van der Waals surface area contributed by atoms with Gasteiger partial charge in [-0.1, -0.05) is 24.3 Å². The zero-order valence-corrected chi connectivity index (χ0v) is 15.4. The Morgan fingerprint density at radius 2 is 1.92 bits per heavy atom. The van der Waals surface area contributed by atoms with E-state index in [1.807, 2.05) is 48.5 Å². The summed E-state index contributed by atoms with van der Waals surface area (Å²) >= 11 is 0. The van der Waals surface area contributed by atoms with E-state index in [1.54, 1.807) is 7.11 Å². The normalized spacial score (nSPS) is 16.3. The number of nitrogens with one attached hydrogen (secondary N) is 2. The van der Waals surface area contributed by atoms with Crippen LogP contribution in [0.4, 0.5) is 0 Å². The van der Waals surface area contributed by atoms with E-state index in [0.29, 0.717) is 43.6 Å². The van der Waals surface area contributed by atoms with E-state index in [-0.39, 0.29) is 24.4 Å². The maximum atomic E-state index is 12.1. The predicted molar refractivity (Wildman–Crippen MR) is 101 cm³/mol. The lowest BCUT2D eigenvalue weighted by atomic mass is 10.2. The summed E-state index contributed by atoms with van der Waals surface area (Å²) in [6.07, 6.45) is 0. The van der Waals surface area contributed by atoms with Crippen LogP contribution in [-0.2, 0) is 16.1 Å². The van der Waals surface area contributed by atoms with Crippen LogP contribution in [0, 0.1) is 0 Å². The van der Waals surface area contributed by atoms with Crippen molar-refractivity contribution in [1.29, 1.82) is 0 Å². The molecule has 6 nitrogen and oxygen atoms in total. The molecule has 0 spiro atoms. The van der Waals surface area contributed by atoms with Crippen LogP contribution in [-0.4, -0.2) is 38.8 Å². The Labute approximate surface area is 159 Å². The molecule has 0 saturated carbocycles. The van der Waals surface area contributed by atoms with Crippen LogP contribution in [0.5, 0.6) is 17.2 Å². The van der Waals surface area contributed by atoms with E-state index in [1.165, 1.54) is 0 Å². The molecule has 140 valence electrons. The molecule has 0 bridgehead atoms. The highest BCUT2D eigenvalue weighted by molar-refractivity contribution is 5.85. The summed E-state index contributed by atoms with van der Waals surface area (Å²) in [5.74, 6) is 2.01. The Balaban J connectivity index is 0.00000243. The summed E-state index contributed by atoms with van der Waals surface area (Å²) in [5, 5.41) is 6.05. The zero-order chi connectivity index (χ0) is 17.5. The Bertz CT molecular complexity index is 703. The fourth-order valence-corrected chi connectivity index (χ4v) is 2.55. The van der Waals surface area contributed by atoms with Crippen molar-refractivity contribution in [1.82, 2.24) is 10.6 Å². The molecule has 3 rings (SSSR count). The maximum Gasteiger partial charge on any atom is 0.239 e. The molecule has 2 aromatic rings. The fourth-order valence-electron chi connectivity index (χ4n) is 2.55. The van der Waals surface area contributed by atoms with Crippen molar-refractivity contribution in [3.63, 3.8) is 0 Å². The van der Waals surface area contributed by atoms with Crippen molar-refractivity contribution < 1.29 is 19.0 Å². The lowest BCUT2D eigenvalue weighted by Crippen LogP contribution is -2.51. The van der Waals surface area contributed by atoms with Gasteiger partial charge in [-0.05, 0) is 29.8 Å². The quantitative estimate of drug-likeness (QED) is 0.808. The van der Waals surface area contributed by atoms with Crippen LogP contribution in [0.3, 0.4) is 0 Å². The van der Waals surface area contributed by atoms with E-state index in [0.717, 1.165) is 5.56 Å². The van der Waals surface area contributed by atoms with Crippen LogP contribution in [0.1, 0.15) is 5.56 Å². The van der Waals surface area contributed by atoms with E-state index in [9.17, 15) is 4.79 Å². The second-order valence-corrected chi connectivity index (χ2v) is 5.70. The van der Waals surface area contributed by atoms with Crippen molar-refractivity contribution in [3.8, 4) is 17.2 Å². The number of benzene rings is 2. The van der Waals surface area contributed by atoms with Gasteiger partial charge in [-0.3, -0.25) is 4.79 Å². The Kier molecular flexibility index (Phi) is 7.72. The number of carbonyl (C=O) groups excluding carboxylic acids is 1. The zero-order valence-electron chi connectivity index (χ0n) is 14.6. The standard InChI is InChI=1S/C19H22N2O4.ClH/c1-23-17-4-2-3-5-18(17)25-15-8-6-14(7-9-15)12-21-19(22)16-13-24-11-10-20-16;/h2-9,16,20H,10-13H2,1H3,(H,21,22);1H. The topological polar surface area (TPSA) is 68.8 Å². The highest BCUT2D eigenvalue weighted by Gasteiger charge is 2.20. The third-order valence-electron chi connectivity index (χ3n) is 3.93. The van der Waals surface area contributed by atoms with Gasteiger partial charge in [0.15, 0.2) is 11.5 Å². The number of halogens is 1. The number of morpholine rings is 1. The van der Waals surface area contributed by atoms with Crippen LogP contribution >= 0.6 is 12.4 Å². The van der Waals surface area contributed by atoms with Crippen molar-refractivity contribution in [2.45, 2.75) is 12.6 Å². The number of rotatable bonds is 6. The number of methoxy groups -OCH3 is 1. The predicted octanol–water partition coefficient (Wildman–Crippen LogP) is 2.51. The molecule has 0 radical (unpaired) electrons. The van der Waals surface area contributed by atoms with Crippen molar-refractivity contribution in [3.05, 3.63) is 54.1 Å². The van der Waals surface area contributed by atoms with Gasteiger partial charge in [0.25, 0.3) is 0 Å². The molecule has 0 aromatic heterocycles. The van der Waals surface area contributed by atoms with E-state index >= 15 is 0 Å². The van der Waals surface area contributed by atoms with Gasteiger partial charge < -0.3 is 24.8 Å². The first-order chi connectivity index (χ1) is 12.3. The molecule has 0 aliphatic carbocycles. The number of hydrogen-bond donors (Lipinski definition) is 2. The van der Waals surface area contributed by atoms with Gasteiger partial charge in [0.2, 0.25) is 5.91 Å². The van der Waals surface area contributed by atoms with Gasteiger partial charge in [0.1, 0.15) is 11.8 Å². The van der Waals surface area contributed by atoms with Gasteiger partial charge in [-0.25, -0.2) is 0 Å². The first-order valence-electron chi connectivity index (χ1n) is 8.25. The summed E-state index contributed by atoms with van der Waals surface area (Å²) in [5.41, 5.74) is 0.998. The number of carbonyl (C=O) groups is 1. The minimum absolute atomic E-state index is 0. The molecule has 2 N–H and O–H groups in total. The SMILES string of the molecule is COc1ccccc1Oc1ccc(CNC(=O)C2COCCN2)cc1.Cl. The summed E-state index contributed by atoms with van der Waals surface area (Å²) < 4.78 is 16.4. The molecular formula is C19H23ClN2O4. The van der Waals surface area contributed by atoms with Gasteiger partial charge >= 0.3 is 0 Å². The second kappa shape index (κ2) is 10.0. The molecule has 2 aromatic carbocycles. The van der Waals surface area contributed by atoms with Gasteiger partial charge in [-0.15, -0.1) is 12.4 Å². The number of hydrogen-bond acceptors (Lipinski definition) is 5. The highest BCUT2D eigenvalue weighted by Crippen LogP contribution is 2.30. The number of para-hydroxylation sites is 2. The minimum Gasteiger partial charge on any atom is -0.493 e. The first kappa shape index (κ1) is 20.0. The molecule has 1 amide bonds. The van der Waals surface area contributed by atoms with Crippen molar-refractivity contribution in [2.75, 3.05) is 26.9 Å². The maximum absolute atomic E-state index is 12.1. The van der Waals surface area contributed by atoms with Gasteiger partial charge in [0.05, 0.1) is 20.3 Å². The summed E-state index contributed by atoms with van der Waals surface area (Å²) in [6.45, 7) is 2.23. The summed E-state index contributed by atoms with van der Waals surface area (Å²) in [6, 6.07) is 14.8. The van der Waals surface area contributed by atoms with Crippen LogP contribution in [0.25, 0.3) is 0 Å². The molecule has 1 unspecified atom stereocenters. The Morgan fingerprint density at radius 3 is 2.58 bits per heavy atom. The van der Waals surface area contributed by atoms with E-state index < -0.39 is 0 Å². The average molecular weight is 379 g/mol. The fraction of sp³-hybridized carbons (Fsp3) is 0.316. The molecule has 1 saturated heterocycles. The molecule has 7 heteroatoms. The van der Waals surface area contributed by atoms with E-state index in [2.05, 4.69) is 10.6 Å². The summed E-state index contributed by atoms with van der Waals surface area (Å²) in [4.78, 5) is 12.1. The van der Waals surface area contributed by atoms with Crippen molar-refractivity contribution >= 4 is 18.3 Å². The second-order valence-electron chi connectivity index (χ2n) is 5.70. The lowest BCUT2D eigenvalue weighted by molar-refractivity contribution is -0.126. The number of ether oxygens (including phenoxy) is 3. The molecule has 1 fully saturated rings. The monoisotopic (exact) mass is 378 g/mol. The lowest BCUT2D eigenvalue weighted by Gasteiger charge is -2.22. The molecule has 1 atom stereocenters. The average Bonchev–Trinajstić information content (AvgIpc) is 2.68. The molecule has 26 heavy (non-hydrogen) atoms. The third kappa shape index (κ3) is 5.36. The van der Waals surface area contributed by atoms with Crippen molar-refractivity contribution in [2.24, 2.45) is 0 Å². The summed E-state index contributed by atoms with van der Waals surface area (Å²) in [7, 11) is 1.61. The largest absolute Gasteiger partial charge is 0.493 e. The third-order valence-corrected chi connectivity index (χ3v) is 3.93. The molecule has 1 heterocycles. The molecule has 1 aliphatic heterocycles. The van der Waals surface area contributed by atoms with Crippen LogP contribution < -0.4 is 20.1 Å².